The molecule has 3 aliphatic heterocycles. The van der Waals surface area contributed by atoms with Crippen molar-refractivity contribution in [1.82, 2.24) is 20.7 Å². The number of hydrogen-bond acceptors (Lipinski definition) is 7. The summed E-state index contributed by atoms with van der Waals surface area (Å²) >= 11 is 0. The number of benzene rings is 1. The first-order valence-corrected chi connectivity index (χ1v) is 13.0. The number of carbonyl (C=O) groups excluding carboxylic acids is 3. The van der Waals surface area contributed by atoms with Crippen molar-refractivity contribution in [2.24, 2.45) is 0 Å². The van der Waals surface area contributed by atoms with E-state index in [-0.39, 0.29) is 18.7 Å². The SMILES string of the molecule is CC(C)(C)OC(=O)NN1CC(F)(F)CC1CCN1CCN(c2ccc(C3CCC(=O)NC3=O)cc2F)CC1. The van der Waals surface area contributed by atoms with E-state index in [4.69, 9.17) is 4.74 Å². The van der Waals surface area contributed by atoms with Crippen molar-refractivity contribution in [3.8, 4) is 0 Å². The van der Waals surface area contributed by atoms with Gasteiger partial charge in [0.05, 0.1) is 18.2 Å². The minimum Gasteiger partial charge on any atom is -0.443 e. The zero-order chi connectivity index (χ0) is 27.7. The highest BCUT2D eigenvalue weighted by Crippen LogP contribution is 2.33. The fraction of sp³-hybridized carbons (Fsp3) is 0.654. The number of rotatable bonds is 6. The summed E-state index contributed by atoms with van der Waals surface area (Å²) in [6, 6.07) is 4.25. The standard InChI is InChI=1S/C26H36F3N5O4/c1-25(2,3)38-24(37)31-34-16-26(28,29)15-18(34)8-9-32-10-12-33(13-11-32)21-6-4-17(14-20(21)27)19-5-7-22(35)30-23(19)36/h4,6,14,18-19H,5,7-13,15-16H2,1-3H3,(H,31,37)(H,30,35,36). The van der Waals surface area contributed by atoms with E-state index in [0.29, 0.717) is 56.8 Å². The van der Waals surface area contributed by atoms with Crippen LogP contribution in [0, 0.1) is 5.82 Å². The van der Waals surface area contributed by atoms with Gasteiger partial charge in [-0.2, -0.15) is 0 Å². The molecule has 0 bridgehead atoms. The molecule has 3 amide bonds. The molecule has 1 aromatic rings. The zero-order valence-corrected chi connectivity index (χ0v) is 22.1. The van der Waals surface area contributed by atoms with E-state index in [0.717, 1.165) is 0 Å². The van der Waals surface area contributed by atoms with Crippen LogP contribution in [-0.4, -0.2) is 84.7 Å². The lowest BCUT2D eigenvalue weighted by molar-refractivity contribution is -0.134. The molecule has 0 spiro atoms. The predicted molar refractivity (Wildman–Crippen MR) is 134 cm³/mol. The normalized spacial score (nSPS) is 24.8. The van der Waals surface area contributed by atoms with Crippen LogP contribution >= 0.6 is 0 Å². The Morgan fingerprint density at radius 2 is 1.89 bits per heavy atom. The van der Waals surface area contributed by atoms with Crippen LogP contribution in [0.25, 0.3) is 0 Å². The van der Waals surface area contributed by atoms with Gasteiger partial charge in [-0.05, 0) is 57.9 Å². The number of hydrogen-bond donors (Lipinski definition) is 2. The molecule has 0 aromatic heterocycles. The third-order valence-electron chi connectivity index (χ3n) is 7.12. The van der Waals surface area contributed by atoms with Crippen LogP contribution < -0.4 is 15.6 Å². The first kappa shape index (κ1) is 28.2. The topological polar surface area (TPSA) is 94.2 Å². The van der Waals surface area contributed by atoms with Gasteiger partial charge in [0.25, 0.3) is 5.92 Å². The van der Waals surface area contributed by atoms with Crippen LogP contribution in [-0.2, 0) is 14.3 Å². The highest BCUT2D eigenvalue weighted by atomic mass is 19.3. The van der Waals surface area contributed by atoms with Gasteiger partial charge in [-0.1, -0.05) is 6.07 Å². The van der Waals surface area contributed by atoms with E-state index in [1.807, 2.05) is 4.90 Å². The van der Waals surface area contributed by atoms with Crippen molar-refractivity contribution in [2.45, 2.75) is 69.9 Å². The number of alkyl halides is 2. The van der Waals surface area contributed by atoms with Crippen LogP contribution in [0.3, 0.4) is 0 Å². The monoisotopic (exact) mass is 539 g/mol. The van der Waals surface area contributed by atoms with E-state index in [1.165, 1.54) is 11.1 Å². The average Bonchev–Trinajstić information content (AvgIpc) is 3.09. The summed E-state index contributed by atoms with van der Waals surface area (Å²) in [5.41, 5.74) is 2.75. The fourth-order valence-electron chi connectivity index (χ4n) is 5.26. The number of piperidine rings is 1. The van der Waals surface area contributed by atoms with Gasteiger partial charge in [-0.15, -0.1) is 0 Å². The predicted octanol–water partition coefficient (Wildman–Crippen LogP) is 3.01. The van der Waals surface area contributed by atoms with Crippen LogP contribution in [0.1, 0.15) is 57.9 Å². The second-order valence-corrected chi connectivity index (χ2v) is 11.3. The molecule has 12 heteroatoms. The van der Waals surface area contributed by atoms with Crippen molar-refractivity contribution in [3.63, 3.8) is 0 Å². The molecule has 3 saturated heterocycles. The minimum atomic E-state index is -2.89. The quantitative estimate of drug-likeness (QED) is 0.537. The number of hydrazine groups is 1. The Hall–Kier alpha value is -2.86. The van der Waals surface area contributed by atoms with Gasteiger partial charge in [0.1, 0.15) is 11.4 Å². The number of amides is 3. The molecule has 2 atom stereocenters. The number of carbonyl (C=O) groups is 3. The molecule has 3 aliphatic rings. The Balaban J connectivity index is 1.28. The first-order valence-electron chi connectivity index (χ1n) is 13.0. The number of anilines is 1. The Morgan fingerprint density at radius 3 is 2.53 bits per heavy atom. The van der Waals surface area contributed by atoms with Crippen molar-refractivity contribution >= 4 is 23.6 Å². The molecular formula is C26H36F3N5O4. The van der Waals surface area contributed by atoms with Crippen molar-refractivity contribution in [1.29, 1.82) is 0 Å². The summed E-state index contributed by atoms with van der Waals surface area (Å²) in [5.74, 6) is -4.56. The number of nitrogens with one attached hydrogen (secondary N) is 2. The largest absolute Gasteiger partial charge is 0.443 e. The molecule has 2 unspecified atom stereocenters. The summed E-state index contributed by atoms with van der Waals surface area (Å²) in [5, 5.41) is 3.58. The van der Waals surface area contributed by atoms with E-state index >= 15 is 0 Å². The van der Waals surface area contributed by atoms with Crippen LogP contribution in [0.4, 0.5) is 23.7 Å². The maximum atomic E-state index is 15.0. The third kappa shape index (κ3) is 7.16. The number of ether oxygens (including phenoxy) is 1. The molecule has 38 heavy (non-hydrogen) atoms. The summed E-state index contributed by atoms with van der Waals surface area (Å²) in [6.45, 7) is 7.54. The van der Waals surface area contributed by atoms with E-state index in [2.05, 4.69) is 15.6 Å². The minimum absolute atomic E-state index is 0.231. The number of piperazine rings is 1. The van der Waals surface area contributed by atoms with E-state index < -0.39 is 47.8 Å². The lowest BCUT2D eigenvalue weighted by Gasteiger charge is -2.37. The van der Waals surface area contributed by atoms with Gasteiger partial charge >= 0.3 is 6.09 Å². The highest BCUT2D eigenvalue weighted by molar-refractivity contribution is 6.00. The molecule has 3 heterocycles. The molecule has 9 nitrogen and oxygen atoms in total. The maximum Gasteiger partial charge on any atom is 0.422 e. The molecule has 3 fully saturated rings. The molecule has 4 rings (SSSR count). The highest BCUT2D eigenvalue weighted by Gasteiger charge is 2.46. The van der Waals surface area contributed by atoms with Gasteiger partial charge in [0.15, 0.2) is 0 Å². The van der Waals surface area contributed by atoms with E-state index in [1.54, 1.807) is 32.9 Å². The van der Waals surface area contributed by atoms with Crippen LogP contribution in [0.15, 0.2) is 18.2 Å². The zero-order valence-electron chi connectivity index (χ0n) is 22.1. The Morgan fingerprint density at radius 1 is 1.18 bits per heavy atom. The maximum absolute atomic E-state index is 15.0. The summed E-state index contributed by atoms with van der Waals surface area (Å²) in [4.78, 5) is 39.7. The van der Waals surface area contributed by atoms with Crippen molar-refractivity contribution in [2.75, 3.05) is 44.2 Å². The second kappa shape index (κ2) is 11.1. The van der Waals surface area contributed by atoms with Gasteiger partial charge in [0, 0.05) is 45.1 Å². The molecule has 2 N–H and O–H groups in total. The Kier molecular flexibility index (Phi) is 8.22. The van der Waals surface area contributed by atoms with Crippen LogP contribution in [0.2, 0.25) is 0 Å². The lowest BCUT2D eigenvalue weighted by atomic mass is 9.90. The summed E-state index contributed by atoms with van der Waals surface area (Å²) in [7, 11) is 0. The molecule has 210 valence electrons. The van der Waals surface area contributed by atoms with Gasteiger partial charge in [-0.25, -0.2) is 23.0 Å². The molecule has 0 saturated carbocycles. The smallest absolute Gasteiger partial charge is 0.422 e. The number of nitrogens with zero attached hydrogens (tertiary/aromatic N) is 3. The molecule has 0 aliphatic carbocycles. The summed E-state index contributed by atoms with van der Waals surface area (Å²) < 4.78 is 48.5. The molecule has 0 radical (unpaired) electrons. The van der Waals surface area contributed by atoms with Crippen LogP contribution in [0.5, 0.6) is 0 Å². The third-order valence-corrected chi connectivity index (χ3v) is 7.12. The van der Waals surface area contributed by atoms with Crippen molar-refractivity contribution in [3.05, 3.63) is 29.6 Å². The Bertz CT molecular complexity index is 1060. The number of imide groups is 1. The molecule has 1 aromatic carbocycles. The second-order valence-electron chi connectivity index (χ2n) is 11.3. The molecular weight excluding hydrogens is 503 g/mol. The van der Waals surface area contributed by atoms with Gasteiger partial charge in [-0.3, -0.25) is 25.2 Å². The van der Waals surface area contributed by atoms with Crippen molar-refractivity contribution < 1.29 is 32.3 Å². The fourth-order valence-corrected chi connectivity index (χ4v) is 5.26. The van der Waals surface area contributed by atoms with Gasteiger partial charge in [0.2, 0.25) is 11.8 Å². The van der Waals surface area contributed by atoms with E-state index in [9.17, 15) is 27.6 Å². The lowest BCUT2D eigenvalue weighted by Crippen LogP contribution is -2.50. The number of halogens is 3. The summed E-state index contributed by atoms with van der Waals surface area (Å²) in [6.07, 6.45) is -0.0533. The Labute approximate surface area is 220 Å². The van der Waals surface area contributed by atoms with Gasteiger partial charge < -0.3 is 9.64 Å². The average molecular weight is 540 g/mol. The first-order chi connectivity index (χ1) is 17.8.